The molecule has 0 aliphatic rings. The molecule has 8 heteroatoms. The third-order valence-electron chi connectivity index (χ3n) is 3.62. The van der Waals surface area contributed by atoms with E-state index in [-0.39, 0.29) is 25.2 Å². The third kappa shape index (κ3) is 22.8. The molecule has 0 fully saturated rings. The van der Waals surface area contributed by atoms with E-state index in [0.29, 0.717) is 59.3 Å². The van der Waals surface area contributed by atoms with E-state index in [1.165, 1.54) is 26.2 Å². The Labute approximate surface area is 169 Å². The van der Waals surface area contributed by atoms with Gasteiger partial charge in [0.25, 0.3) is 0 Å². The van der Waals surface area contributed by atoms with Crippen LogP contribution in [-0.4, -0.2) is 78.0 Å². The van der Waals surface area contributed by atoms with Crippen molar-refractivity contribution in [3.05, 3.63) is 0 Å². The summed E-state index contributed by atoms with van der Waals surface area (Å²) in [6.45, 7) is 7.60. The average molecular weight is 407 g/mol. The largest absolute Gasteiger partial charge is 0.463 e. The number of ether oxygens (including phenoxy) is 6. The van der Waals surface area contributed by atoms with Crippen LogP contribution in [0.4, 0.5) is 0 Å². The molecule has 0 aliphatic heterocycles. The molecule has 0 radical (unpaired) electrons. The Bertz CT molecular complexity index is 362. The molecule has 0 N–H and O–H groups in total. The Morgan fingerprint density at radius 3 is 1.46 bits per heavy atom. The smallest absolute Gasteiger partial charge is 0.305 e. The number of esters is 2. The Morgan fingerprint density at radius 1 is 0.571 bits per heavy atom. The Morgan fingerprint density at radius 2 is 1.00 bits per heavy atom. The summed E-state index contributed by atoms with van der Waals surface area (Å²) in [5, 5.41) is 0. The van der Waals surface area contributed by atoms with Crippen molar-refractivity contribution in [2.75, 3.05) is 66.1 Å². The fourth-order valence-corrected chi connectivity index (χ4v) is 2.17. The van der Waals surface area contributed by atoms with E-state index < -0.39 is 0 Å². The lowest BCUT2D eigenvalue weighted by molar-refractivity contribution is -0.145. The fourth-order valence-electron chi connectivity index (χ4n) is 2.17. The van der Waals surface area contributed by atoms with Crippen molar-refractivity contribution in [2.45, 2.75) is 52.4 Å². The van der Waals surface area contributed by atoms with Crippen molar-refractivity contribution in [3.8, 4) is 0 Å². The van der Waals surface area contributed by atoms with Gasteiger partial charge in [-0.15, -0.1) is 0 Å². The van der Waals surface area contributed by atoms with Crippen LogP contribution in [0.2, 0.25) is 0 Å². The molecule has 0 rings (SSSR count). The molecular formula is C20H38O8. The average Bonchev–Trinajstić information content (AvgIpc) is 2.67. The Kier molecular flexibility index (Phi) is 21.1. The molecule has 166 valence electrons. The SMILES string of the molecule is CCCCCCCC(=O)OCCOCCOCCOCCOCCOC(C)=O. The first kappa shape index (κ1) is 26.8. The maximum absolute atomic E-state index is 11.5. The first-order valence-corrected chi connectivity index (χ1v) is 10.3. The van der Waals surface area contributed by atoms with Gasteiger partial charge in [-0.1, -0.05) is 32.6 Å². The predicted octanol–water partition coefficient (Wildman–Crippen LogP) is 2.52. The normalized spacial score (nSPS) is 10.8. The van der Waals surface area contributed by atoms with Gasteiger partial charge in [0.15, 0.2) is 0 Å². The summed E-state index contributed by atoms with van der Waals surface area (Å²) < 4.78 is 31.1. The van der Waals surface area contributed by atoms with Crippen LogP contribution in [0.15, 0.2) is 0 Å². The van der Waals surface area contributed by atoms with Crippen LogP contribution in [0.5, 0.6) is 0 Å². The Balaban J connectivity index is 3.11. The molecule has 0 aromatic rings. The molecule has 0 atom stereocenters. The summed E-state index contributed by atoms with van der Waals surface area (Å²) in [5.41, 5.74) is 0. The molecule has 28 heavy (non-hydrogen) atoms. The minimum atomic E-state index is -0.310. The highest BCUT2D eigenvalue weighted by atomic mass is 16.6. The van der Waals surface area contributed by atoms with E-state index in [9.17, 15) is 9.59 Å². The lowest BCUT2D eigenvalue weighted by Gasteiger charge is -2.08. The predicted molar refractivity (Wildman–Crippen MR) is 104 cm³/mol. The van der Waals surface area contributed by atoms with E-state index in [2.05, 4.69) is 6.92 Å². The number of hydrogen-bond donors (Lipinski definition) is 0. The highest BCUT2D eigenvalue weighted by Crippen LogP contribution is 2.05. The molecule has 0 bridgehead atoms. The van der Waals surface area contributed by atoms with Gasteiger partial charge in [0.1, 0.15) is 13.2 Å². The lowest BCUT2D eigenvalue weighted by Crippen LogP contribution is -2.15. The molecule has 0 aromatic carbocycles. The van der Waals surface area contributed by atoms with E-state index in [0.717, 1.165) is 12.8 Å². The molecule has 0 aromatic heterocycles. The minimum absolute atomic E-state index is 0.149. The molecule has 0 saturated carbocycles. The highest BCUT2D eigenvalue weighted by Gasteiger charge is 2.02. The van der Waals surface area contributed by atoms with Crippen LogP contribution in [0.3, 0.4) is 0 Å². The van der Waals surface area contributed by atoms with Crippen LogP contribution < -0.4 is 0 Å². The molecule has 0 aliphatic carbocycles. The summed E-state index contributed by atoms with van der Waals surface area (Å²) in [6, 6.07) is 0. The topological polar surface area (TPSA) is 89.5 Å². The maximum atomic E-state index is 11.5. The number of hydrogen-bond acceptors (Lipinski definition) is 8. The first-order chi connectivity index (χ1) is 13.7. The number of unbranched alkanes of at least 4 members (excludes halogenated alkanes) is 4. The van der Waals surface area contributed by atoms with E-state index >= 15 is 0 Å². The molecule has 0 heterocycles. The monoisotopic (exact) mass is 406 g/mol. The zero-order valence-corrected chi connectivity index (χ0v) is 17.6. The first-order valence-electron chi connectivity index (χ1n) is 10.3. The van der Waals surface area contributed by atoms with E-state index in [1.807, 2.05) is 0 Å². The molecule has 0 spiro atoms. The van der Waals surface area contributed by atoms with Crippen molar-refractivity contribution in [2.24, 2.45) is 0 Å². The minimum Gasteiger partial charge on any atom is -0.463 e. The van der Waals surface area contributed by atoms with E-state index in [4.69, 9.17) is 28.4 Å². The molecule has 0 saturated heterocycles. The van der Waals surface area contributed by atoms with Crippen LogP contribution in [-0.2, 0) is 38.0 Å². The van der Waals surface area contributed by atoms with Gasteiger partial charge in [0, 0.05) is 13.3 Å². The lowest BCUT2D eigenvalue weighted by atomic mass is 10.1. The Hall–Kier alpha value is -1.22. The molecule has 8 nitrogen and oxygen atoms in total. The summed E-state index contributed by atoms with van der Waals surface area (Å²) >= 11 is 0. The van der Waals surface area contributed by atoms with Gasteiger partial charge in [-0.05, 0) is 6.42 Å². The second kappa shape index (κ2) is 22.1. The van der Waals surface area contributed by atoms with Crippen molar-refractivity contribution >= 4 is 11.9 Å². The quantitative estimate of drug-likeness (QED) is 0.212. The number of rotatable bonds is 21. The van der Waals surface area contributed by atoms with Crippen LogP contribution in [0.1, 0.15) is 52.4 Å². The van der Waals surface area contributed by atoms with Gasteiger partial charge in [-0.25, -0.2) is 0 Å². The zero-order valence-electron chi connectivity index (χ0n) is 17.6. The third-order valence-corrected chi connectivity index (χ3v) is 3.62. The summed E-state index contributed by atoms with van der Waals surface area (Å²) in [4.78, 5) is 22.0. The molecule has 0 amide bonds. The molecular weight excluding hydrogens is 368 g/mol. The fraction of sp³-hybridized carbons (Fsp3) is 0.900. The summed E-state index contributed by atoms with van der Waals surface area (Å²) in [6.07, 6.45) is 6.09. The standard InChI is InChI=1S/C20H38O8/c1-3-4-5-6-7-8-20(22)28-18-16-26-14-12-24-10-9-23-11-13-25-15-17-27-19(2)21/h3-18H2,1-2H3. The number of carbonyl (C=O) groups is 2. The number of carbonyl (C=O) groups excluding carboxylic acids is 2. The second-order valence-electron chi connectivity index (χ2n) is 6.17. The van der Waals surface area contributed by atoms with Gasteiger partial charge in [-0.2, -0.15) is 0 Å². The van der Waals surface area contributed by atoms with Crippen LogP contribution in [0.25, 0.3) is 0 Å². The summed E-state index contributed by atoms with van der Waals surface area (Å²) in [7, 11) is 0. The maximum Gasteiger partial charge on any atom is 0.305 e. The van der Waals surface area contributed by atoms with Crippen molar-refractivity contribution in [1.82, 2.24) is 0 Å². The highest BCUT2D eigenvalue weighted by molar-refractivity contribution is 5.69. The van der Waals surface area contributed by atoms with Gasteiger partial charge in [0.05, 0.1) is 52.9 Å². The second-order valence-corrected chi connectivity index (χ2v) is 6.17. The van der Waals surface area contributed by atoms with Gasteiger partial charge >= 0.3 is 11.9 Å². The van der Waals surface area contributed by atoms with Gasteiger partial charge < -0.3 is 28.4 Å². The van der Waals surface area contributed by atoms with Crippen molar-refractivity contribution < 1.29 is 38.0 Å². The van der Waals surface area contributed by atoms with Gasteiger partial charge in [0.2, 0.25) is 0 Å². The zero-order chi connectivity index (χ0) is 20.7. The van der Waals surface area contributed by atoms with Crippen LogP contribution >= 0.6 is 0 Å². The van der Waals surface area contributed by atoms with Crippen molar-refractivity contribution in [3.63, 3.8) is 0 Å². The van der Waals surface area contributed by atoms with Gasteiger partial charge in [-0.3, -0.25) is 9.59 Å². The summed E-state index contributed by atoms with van der Waals surface area (Å²) in [5.74, 6) is -0.459. The van der Waals surface area contributed by atoms with Crippen LogP contribution in [0, 0.1) is 0 Å². The molecule has 0 unspecified atom stereocenters. The van der Waals surface area contributed by atoms with E-state index in [1.54, 1.807) is 0 Å². The van der Waals surface area contributed by atoms with Crippen molar-refractivity contribution in [1.29, 1.82) is 0 Å².